The summed E-state index contributed by atoms with van der Waals surface area (Å²) in [6, 6.07) is 8.69. The molecule has 6 heteroatoms. The smallest absolute Gasteiger partial charge is 0.300 e. The van der Waals surface area contributed by atoms with Gasteiger partial charge in [0.25, 0.3) is 5.97 Å². The van der Waals surface area contributed by atoms with Gasteiger partial charge in [-0.1, -0.05) is 37.6 Å². The van der Waals surface area contributed by atoms with Crippen LogP contribution in [0, 0.1) is 0 Å². The van der Waals surface area contributed by atoms with Crippen molar-refractivity contribution in [2.75, 3.05) is 6.26 Å². The highest BCUT2D eigenvalue weighted by atomic mass is 32.2. The molecule has 5 nitrogen and oxygen atoms in total. The predicted octanol–water partition coefficient (Wildman–Crippen LogP) is 3.38. The minimum Gasteiger partial charge on any atom is -0.507 e. The number of carboxylic acids is 1. The van der Waals surface area contributed by atoms with Crippen LogP contribution < -0.4 is 0 Å². The van der Waals surface area contributed by atoms with Gasteiger partial charge in [-0.25, -0.2) is 8.42 Å². The highest BCUT2D eigenvalue weighted by molar-refractivity contribution is 7.91. The fourth-order valence-corrected chi connectivity index (χ4v) is 3.18. The second-order valence-corrected chi connectivity index (χ2v) is 7.31. The lowest BCUT2D eigenvalue weighted by molar-refractivity contribution is -0.134. The van der Waals surface area contributed by atoms with E-state index in [0.717, 1.165) is 19.8 Å². The van der Waals surface area contributed by atoms with Gasteiger partial charge in [0.15, 0.2) is 9.84 Å². The zero-order valence-electron chi connectivity index (χ0n) is 13.5. The maximum atomic E-state index is 11.9. The summed E-state index contributed by atoms with van der Waals surface area (Å²) in [6.07, 6.45) is 3.82. The maximum Gasteiger partial charge on any atom is 0.300 e. The summed E-state index contributed by atoms with van der Waals surface area (Å²) in [4.78, 5) is 9.30. The number of carbonyl (C=O) groups is 1. The third-order valence-electron chi connectivity index (χ3n) is 3.26. The number of rotatable bonds is 4. The Labute approximate surface area is 136 Å². The number of hydrogen-bond acceptors (Lipinski definition) is 4. The fraction of sp³-hybridized carbons (Fsp3) is 0.353. The first-order valence-electron chi connectivity index (χ1n) is 7.31. The Hall–Kier alpha value is -2.08. The molecule has 0 unspecified atom stereocenters. The largest absolute Gasteiger partial charge is 0.507 e. The Morgan fingerprint density at radius 2 is 1.70 bits per heavy atom. The molecule has 23 heavy (non-hydrogen) atoms. The van der Waals surface area contributed by atoms with Crippen LogP contribution in [0.3, 0.4) is 0 Å². The van der Waals surface area contributed by atoms with Gasteiger partial charge in [0.05, 0.1) is 4.90 Å². The van der Waals surface area contributed by atoms with Gasteiger partial charge in [0.2, 0.25) is 0 Å². The summed E-state index contributed by atoms with van der Waals surface area (Å²) in [5.41, 5.74) is 0.709. The van der Waals surface area contributed by atoms with Gasteiger partial charge < -0.3 is 10.2 Å². The van der Waals surface area contributed by atoms with Crippen molar-refractivity contribution in [3.63, 3.8) is 0 Å². The minimum atomic E-state index is -3.30. The lowest BCUT2D eigenvalue weighted by Crippen LogP contribution is -2.00. The number of unbranched alkanes of at least 4 members (excludes halogenated alkanes) is 1. The van der Waals surface area contributed by atoms with Crippen LogP contribution in [-0.2, 0) is 21.1 Å². The average Bonchev–Trinajstić information content (AvgIpc) is 2.45. The summed E-state index contributed by atoms with van der Waals surface area (Å²) < 4.78 is 23.8. The number of aliphatic carboxylic acids is 1. The first kappa shape index (κ1) is 19.0. The zero-order valence-corrected chi connectivity index (χ0v) is 14.4. The molecule has 2 rings (SSSR count). The van der Waals surface area contributed by atoms with E-state index in [4.69, 9.17) is 9.90 Å². The van der Waals surface area contributed by atoms with Crippen LogP contribution >= 0.6 is 0 Å². The maximum absolute atomic E-state index is 11.9. The second kappa shape index (κ2) is 7.97. The molecule has 0 saturated carbocycles. The van der Waals surface area contributed by atoms with Gasteiger partial charge in [0, 0.05) is 24.0 Å². The van der Waals surface area contributed by atoms with Crippen molar-refractivity contribution in [1.82, 2.24) is 0 Å². The fourth-order valence-electron chi connectivity index (χ4n) is 2.25. The Morgan fingerprint density at radius 3 is 2.17 bits per heavy atom. The third kappa shape index (κ3) is 5.25. The van der Waals surface area contributed by atoms with Gasteiger partial charge >= 0.3 is 0 Å². The van der Waals surface area contributed by atoms with Gasteiger partial charge in [-0.3, -0.25) is 4.79 Å². The third-order valence-corrected chi connectivity index (χ3v) is 4.39. The molecule has 126 valence electrons. The van der Waals surface area contributed by atoms with E-state index < -0.39 is 15.8 Å². The number of aromatic hydroxyl groups is 1. The highest BCUT2D eigenvalue weighted by Gasteiger charge is 2.17. The molecule has 2 aromatic carbocycles. The number of hydrogen-bond donors (Lipinski definition) is 2. The molecular weight excluding hydrogens is 316 g/mol. The molecule has 2 aromatic rings. The standard InChI is InChI=1S/C15H18O3S.C2H4O2/c1-3-4-7-11-10-14(19(2,17)18)12-8-5-6-9-13(12)15(11)16;1-2(3)4/h5-6,8-10,16H,3-4,7H2,1-2H3;1H3,(H,3,4). The molecule has 0 aliphatic carbocycles. The predicted molar refractivity (Wildman–Crippen MR) is 90.6 cm³/mol. The summed E-state index contributed by atoms with van der Waals surface area (Å²) in [6.45, 7) is 3.15. The van der Waals surface area contributed by atoms with Crippen LogP contribution in [0.4, 0.5) is 0 Å². The quantitative estimate of drug-likeness (QED) is 0.891. The first-order chi connectivity index (χ1) is 10.7. The molecular formula is C17H22O5S. The first-order valence-corrected chi connectivity index (χ1v) is 9.20. The molecule has 0 radical (unpaired) electrons. The molecule has 0 heterocycles. The van der Waals surface area contributed by atoms with E-state index in [1.165, 1.54) is 6.26 Å². The van der Waals surface area contributed by atoms with Gasteiger partial charge in [-0.05, 0) is 24.5 Å². The van der Waals surface area contributed by atoms with Crippen molar-refractivity contribution in [1.29, 1.82) is 0 Å². The van der Waals surface area contributed by atoms with Crippen LogP contribution in [0.15, 0.2) is 35.2 Å². The molecule has 0 fully saturated rings. The summed E-state index contributed by atoms with van der Waals surface area (Å²) in [5.74, 6) is -0.628. The Morgan fingerprint density at radius 1 is 1.17 bits per heavy atom. The van der Waals surface area contributed by atoms with Crippen LogP contribution in [0.1, 0.15) is 32.3 Å². The average molecular weight is 338 g/mol. The Balaban J connectivity index is 0.000000593. The van der Waals surface area contributed by atoms with Gasteiger partial charge in [-0.15, -0.1) is 0 Å². The van der Waals surface area contributed by atoms with Crippen molar-refractivity contribution in [2.24, 2.45) is 0 Å². The molecule has 0 aromatic heterocycles. The van der Waals surface area contributed by atoms with E-state index in [1.807, 2.05) is 0 Å². The molecule has 0 spiro atoms. The van der Waals surface area contributed by atoms with E-state index in [9.17, 15) is 13.5 Å². The van der Waals surface area contributed by atoms with E-state index in [-0.39, 0.29) is 5.75 Å². The molecule has 2 N–H and O–H groups in total. The minimum absolute atomic E-state index is 0.205. The number of sulfone groups is 1. The summed E-state index contributed by atoms with van der Waals surface area (Å²) >= 11 is 0. The number of phenolic OH excluding ortho intramolecular Hbond substituents is 1. The van der Waals surface area contributed by atoms with Crippen LogP contribution in [0.5, 0.6) is 5.75 Å². The van der Waals surface area contributed by atoms with Crippen LogP contribution in [0.25, 0.3) is 10.8 Å². The van der Waals surface area contributed by atoms with Gasteiger partial charge in [-0.2, -0.15) is 0 Å². The number of phenols is 1. The van der Waals surface area contributed by atoms with Crippen molar-refractivity contribution in [2.45, 2.75) is 38.0 Å². The topological polar surface area (TPSA) is 91.7 Å². The molecule has 0 atom stereocenters. The number of carboxylic acid groups (broad SMARTS) is 1. The van der Waals surface area contributed by atoms with Gasteiger partial charge in [0.1, 0.15) is 5.75 Å². The number of fused-ring (bicyclic) bond motifs is 1. The summed E-state index contributed by atoms with van der Waals surface area (Å²) in [5, 5.41) is 18.9. The van der Waals surface area contributed by atoms with Crippen LogP contribution in [-0.4, -0.2) is 30.9 Å². The number of benzene rings is 2. The lowest BCUT2D eigenvalue weighted by Gasteiger charge is -2.11. The Kier molecular flexibility index (Phi) is 6.57. The molecule has 0 aliphatic heterocycles. The second-order valence-electron chi connectivity index (χ2n) is 5.32. The highest BCUT2D eigenvalue weighted by Crippen LogP contribution is 2.34. The van der Waals surface area contributed by atoms with E-state index in [1.54, 1.807) is 30.3 Å². The molecule has 0 aliphatic rings. The van der Waals surface area contributed by atoms with E-state index in [0.29, 0.717) is 27.7 Å². The molecule has 0 bridgehead atoms. The summed E-state index contributed by atoms with van der Waals surface area (Å²) in [7, 11) is -3.30. The zero-order chi connectivity index (χ0) is 17.6. The monoisotopic (exact) mass is 338 g/mol. The van der Waals surface area contributed by atoms with Crippen molar-refractivity contribution in [3.8, 4) is 5.75 Å². The molecule has 0 amide bonds. The molecule has 0 saturated heterocycles. The lowest BCUT2D eigenvalue weighted by atomic mass is 10.0. The van der Waals surface area contributed by atoms with Crippen LogP contribution in [0.2, 0.25) is 0 Å². The Bertz CT molecular complexity index is 790. The normalized spacial score (nSPS) is 10.9. The van der Waals surface area contributed by atoms with E-state index in [2.05, 4.69) is 6.92 Å². The number of aryl methyl sites for hydroxylation is 1. The van der Waals surface area contributed by atoms with Crippen molar-refractivity contribution < 1.29 is 23.4 Å². The van der Waals surface area contributed by atoms with Crippen molar-refractivity contribution in [3.05, 3.63) is 35.9 Å². The SMILES string of the molecule is CC(=O)O.CCCCc1cc(S(C)(=O)=O)c2ccccc2c1O. The van der Waals surface area contributed by atoms with E-state index >= 15 is 0 Å². The van der Waals surface area contributed by atoms with Crippen molar-refractivity contribution >= 4 is 26.6 Å².